The number of ether oxygens (including phenoxy) is 1. The predicted octanol–water partition coefficient (Wildman–Crippen LogP) is -0.234. The SMILES string of the molecule is C=CCOCC=C.N[C@@H](CO)C(=O)O. The highest BCUT2D eigenvalue weighted by Gasteiger charge is 2.06. The van der Waals surface area contributed by atoms with Crippen LogP contribution in [0.4, 0.5) is 0 Å². The lowest BCUT2D eigenvalue weighted by molar-refractivity contribution is -0.139. The van der Waals surface area contributed by atoms with E-state index in [1.807, 2.05) is 0 Å². The lowest BCUT2D eigenvalue weighted by atomic mass is 10.3. The van der Waals surface area contributed by atoms with Gasteiger partial charge in [0.1, 0.15) is 6.04 Å². The average Bonchev–Trinajstić information content (AvgIpc) is 2.18. The van der Waals surface area contributed by atoms with E-state index in [9.17, 15) is 4.79 Å². The zero-order valence-corrected chi connectivity index (χ0v) is 8.06. The van der Waals surface area contributed by atoms with Crippen LogP contribution in [0, 0.1) is 0 Å². The van der Waals surface area contributed by atoms with Crippen molar-refractivity contribution in [3.63, 3.8) is 0 Å². The van der Waals surface area contributed by atoms with E-state index < -0.39 is 18.6 Å². The van der Waals surface area contributed by atoms with Crippen molar-refractivity contribution in [2.24, 2.45) is 5.73 Å². The van der Waals surface area contributed by atoms with E-state index in [1.54, 1.807) is 12.2 Å². The van der Waals surface area contributed by atoms with E-state index in [0.29, 0.717) is 13.2 Å². The van der Waals surface area contributed by atoms with E-state index in [0.717, 1.165) is 0 Å². The van der Waals surface area contributed by atoms with Crippen LogP contribution < -0.4 is 5.73 Å². The van der Waals surface area contributed by atoms with Gasteiger partial charge in [-0.05, 0) is 0 Å². The fraction of sp³-hybridized carbons (Fsp3) is 0.444. The van der Waals surface area contributed by atoms with Gasteiger partial charge >= 0.3 is 5.97 Å². The maximum absolute atomic E-state index is 9.65. The molecule has 5 nitrogen and oxygen atoms in total. The number of hydrogen-bond acceptors (Lipinski definition) is 4. The van der Waals surface area contributed by atoms with E-state index in [4.69, 9.17) is 20.7 Å². The fourth-order valence-corrected chi connectivity index (χ4v) is 0.313. The van der Waals surface area contributed by atoms with Crippen molar-refractivity contribution in [3.8, 4) is 0 Å². The second kappa shape index (κ2) is 11.8. The first-order valence-corrected chi connectivity index (χ1v) is 3.98. The molecular formula is C9H17NO4. The van der Waals surface area contributed by atoms with E-state index in [-0.39, 0.29) is 0 Å². The van der Waals surface area contributed by atoms with E-state index in [1.165, 1.54) is 0 Å². The molecular weight excluding hydrogens is 186 g/mol. The minimum absolute atomic E-state index is 0.505. The second-order valence-electron chi connectivity index (χ2n) is 2.24. The average molecular weight is 203 g/mol. The number of carboxylic acid groups (broad SMARTS) is 1. The first-order valence-electron chi connectivity index (χ1n) is 3.98. The summed E-state index contributed by atoms with van der Waals surface area (Å²) in [5.41, 5.74) is 4.77. The molecule has 0 spiro atoms. The molecule has 0 bridgehead atoms. The molecule has 0 aliphatic heterocycles. The Morgan fingerprint density at radius 1 is 1.43 bits per heavy atom. The molecule has 0 aliphatic carbocycles. The summed E-state index contributed by atoms with van der Waals surface area (Å²) >= 11 is 0. The van der Waals surface area contributed by atoms with Gasteiger partial charge in [-0.3, -0.25) is 4.79 Å². The molecule has 0 aromatic rings. The fourth-order valence-electron chi connectivity index (χ4n) is 0.313. The molecule has 82 valence electrons. The summed E-state index contributed by atoms with van der Waals surface area (Å²) in [7, 11) is 0. The highest BCUT2D eigenvalue weighted by atomic mass is 16.5. The summed E-state index contributed by atoms with van der Waals surface area (Å²) < 4.78 is 4.90. The standard InChI is InChI=1S/C6H10O.C3H7NO3/c1-3-5-7-6-4-2;4-2(1-5)3(6)7/h3-4H,1-2,5-6H2;2,5H,1,4H2,(H,6,7)/t;2-/m.0/s1. The largest absolute Gasteiger partial charge is 0.480 e. The number of hydrogen-bond donors (Lipinski definition) is 3. The topological polar surface area (TPSA) is 92.8 Å². The molecule has 0 aliphatic rings. The first-order chi connectivity index (χ1) is 6.59. The highest BCUT2D eigenvalue weighted by Crippen LogP contribution is 1.72. The quantitative estimate of drug-likeness (QED) is 0.409. The third-order valence-electron chi connectivity index (χ3n) is 0.985. The smallest absolute Gasteiger partial charge is 0.322 e. The third kappa shape index (κ3) is 13.4. The van der Waals surface area contributed by atoms with Gasteiger partial charge in [0.05, 0.1) is 19.8 Å². The Morgan fingerprint density at radius 2 is 1.86 bits per heavy atom. The summed E-state index contributed by atoms with van der Waals surface area (Å²) in [5.74, 6) is -1.18. The number of rotatable bonds is 6. The highest BCUT2D eigenvalue weighted by molar-refractivity contribution is 5.73. The van der Waals surface area contributed by atoms with Crippen molar-refractivity contribution in [1.82, 2.24) is 0 Å². The van der Waals surface area contributed by atoms with Gasteiger partial charge in [0.25, 0.3) is 0 Å². The lowest BCUT2D eigenvalue weighted by Crippen LogP contribution is -2.33. The van der Waals surface area contributed by atoms with Crippen LogP contribution in [0.2, 0.25) is 0 Å². The van der Waals surface area contributed by atoms with Crippen LogP contribution in [0.5, 0.6) is 0 Å². The number of carbonyl (C=O) groups is 1. The molecule has 0 fully saturated rings. The number of aliphatic carboxylic acids is 1. The Bertz CT molecular complexity index is 162. The zero-order valence-electron chi connectivity index (χ0n) is 8.06. The van der Waals surface area contributed by atoms with Crippen LogP contribution in [-0.2, 0) is 9.53 Å². The van der Waals surface area contributed by atoms with Crippen molar-refractivity contribution in [2.75, 3.05) is 19.8 Å². The monoisotopic (exact) mass is 203 g/mol. The molecule has 0 heterocycles. The Kier molecular flexibility index (Phi) is 12.9. The van der Waals surface area contributed by atoms with Gasteiger partial charge < -0.3 is 20.7 Å². The Balaban J connectivity index is 0. The first kappa shape index (κ1) is 15.3. The molecule has 0 saturated heterocycles. The van der Waals surface area contributed by atoms with Gasteiger partial charge in [-0.2, -0.15) is 0 Å². The molecule has 0 rings (SSSR count). The third-order valence-corrected chi connectivity index (χ3v) is 0.985. The van der Waals surface area contributed by atoms with Crippen molar-refractivity contribution < 1.29 is 19.7 Å². The normalized spacial score (nSPS) is 10.7. The molecule has 0 aromatic carbocycles. The molecule has 0 aromatic heterocycles. The molecule has 4 N–H and O–H groups in total. The van der Waals surface area contributed by atoms with Crippen LogP contribution in [0.25, 0.3) is 0 Å². The summed E-state index contributed by atoms with van der Waals surface area (Å²) in [6.07, 6.45) is 3.42. The molecule has 5 heteroatoms. The van der Waals surface area contributed by atoms with Crippen molar-refractivity contribution in [1.29, 1.82) is 0 Å². The maximum Gasteiger partial charge on any atom is 0.322 e. The van der Waals surface area contributed by atoms with Crippen molar-refractivity contribution >= 4 is 5.97 Å². The van der Waals surface area contributed by atoms with Crippen LogP contribution in [0.3, 0.4) is 0 Å². The van der Waals surface area contributed by atoms with Gasteiger partial charge in [0.15, 0.2) is 0 Å². The van der Waals surface area contributed by atoms with Gasteiger partial charge in [0.2, 0.25) is 0 Å². The number of carboxylic acids is 1. The molecule has 1 atom stereocenters. The predicted molar refractivity (Wildman–Crippen MR) is 53.9 cm³/mol. The summed E-state index contributed by atoms with van der Waals surface area (Å²) in [6, 6.07) is -1.13. The molecule has 0 radical (unpaired) electrons. The summed E-state index contributed by atoms with van der Waals surface area (Å²) in [5, 5.41) is 15.9. The minimum Gasteiger partial charge on any atom is -0.480 e. The molecule has 0 unspecified atom stereocenters. The van der Waals surface area contributed by atoms with Gasteiger partial charge in [-0.15, -0.1) is 13.2 Å². The Labute approximate surface area is 83.5 Å². The zero-order chi connectivity index (χ0) is 11.4. The summed E-state index contributed by atoms with van der Waals surface area (Å²) in [4.78, 5) is 9.65. The number of aliphatic hydroxyl groups is 1. The molecule has 14 heavy (non-hydrogen) atoms. The second-order valence-corrected chi connectivity index (χ2v) is 2.24. The number of aliphatic hydroxyl groups excluding tert-OH is 1. The van der Waals surface area contributed by atoms with Crippen molar-refractivity contribution in [3.05, 3.63) is 25.3 Å². The molecule has 0 amide bonds. The van der Waals surface area contributed by atoms with E-state index >= 15 is 0 Å². The number of nitrogens with two attached hydrogens (primary N) is 1. The molecule has 0 saturated carbocycles. The van der Waals surface area contributed by atoms with Crippen molar-refractivity contribution in [2.45, 2.75) is 6.04 Å². The van der Waals surface area contributed by atoms with Crippen LogP contribution in [-0.4, -0.2) is 42.0 Å². The maximum atomic E-state index is 9.65. The van der Waals surface area contributed by atoms with Gasteiger partial charge in [0, 0.05) is 0 Å². The van der Waals surface area contributed by atoms with Gasteiger partial charge in [-0.1, -0.05) is 12.2 Å². The summed E-state index contributed by atoms with van der Waals surface area (Å²) in [6.45, 7) is 7.68. The van der Waals surface area contributed by atoms with Crippen LogP contribution in [0.1, 0.15) is 0 Å². The van der Waals surface area contributed by atoms with Gasteiger partial charge in [-0.25, -0.2) is 0 Å². The Morgan fingerprint density at radius 3 is 2.00 bits per heavy atom. The Hall–Kier alpha value is -1.17. The van der Waals surface area contributed by atoms with Crippen LogP contribution >= 0.6 is 0 Å². The van der Waals surface area contributed by atoms with E-state index in [2.05, 4.69) is 13.2 Å². The lowest BCUT2D eigenvalue weighted by Gasteiger charge is -1.96. The minimum atomic E-state index is -1.18. The van der Waals surface area contributed by atoms with Crippen LogP contribution in [0.15, 0.2) is 25.3 Å².